The number of aryl methyl sites for hydroxylation is 1. The Bertz CT molecular complexity index is 1500. The summed E-state index contributed by atoms with van der Waals surface area (Å²) >= 11 is 8.37. The van der Waals surface area contributed by atoms with Crippen LogP contribution in [0, 0.1) is 6.92 Å². The third-order valence-electron chi connectivity index (χ3n) is 5.50. The quantitative estimate of drug-likeness (QED) is 0.397. The van der Waals surface area contributed by atoms with Gasteiger partial charge in [-0.15, -0.1) is 0 Å². The molecule has 1 aromatic heterocycles. The van der Waals surface area contributed by atoms with E-state index in [1.165, 1.54) is 11.3 Å². The van der Waals surface area contributed by atoms with E-state index in [0.717, 1.165) is 25.6 Å². The second kappa shape index (κ2) is 10.0. The zero-order chi connectivity index (χ0) is 24.6. The Morgan fingerprint density at radius 1 is 1.18 bits per heavy atom. The highest BCUT2D eigenvalue weighted by Crippen LogP contribution is 2.35. The molecule has 176 valence electrons. The molecular weight excluding hydrogens is 584 g/mol. The number of hydrogen-bond acceptors (Lipinski definition) is 6. The lowest BCUT2D eigenvalue weighted by Crippen LogP contribution is -2.39. The maximum Gasteiger partial charge on any atom is 0.338 e. The molecule has 1 atom stereocenters. The van der Waals surface area contributed by atoms with E-state index in [4.69, 9.17) is 9.47 Å². The first kappa shape index (κ1) is 24.6. The number of aromatic nitrogens is 1. The lowest BCUT2D eigenvalue weighted by atomic mass is 9.96. The van der Waals surface area contributed by atoms with Crippen molar-refractivity contribution in [3.8, 4) is 5.75 Å². The molecule has 0 spiro atoms. The first-order chi connectivity index (χ1) is 16.2. The Kier molecular flexibility index (Phi) is 7.25. The standard InChI is InChI=1S/C25H22Br2N2O4S/c1-5-33-24(31)21-14(3)28-25-29(22(21)16-8-9-19(32-4)18(27)12-16)23(30)20(34-25)11-15-7-6-13(2)17(26)10-15/h6-12,22H,5H2,1-4H3/b20-11+/t22-/m0/s1. The molecule has 9 heteroatoms. The fraction of sp³-hybridized carbons (Fsp3) is 0.240. The van der Waals surface area contributed by atoms with Gasteiger partial charge in [0, 0.05) is 4.47 Å². The van der Waals surface area contributed by atoms with Crippen LogP contribution in [0.1, 0.15) is 36.6 Å². The van der Waals surface area contributed by atoms with Crippen molar-refractivity contribution in [2.75, 3.05) is 13.7 Å². The first-order valence-electron chi connectivity index (χ1n) is 10.5. The summed E-state index contributed by atoms with van der Waals surface area (Å²) in [6.07, 6.45) is 1.85. The highest BCUT2D eigenvalue weighted by molar-refractivity contribution is 9.10. The molecule has 0 saturated heterocycles. The number of ether oxygens (including phenoxy) is 2. The molecule has 0 amide bonds. The number of fused-ring (bicyclic) bond motifs is 1. The Morgan fingerprint density at radius 2 is 1.94 bits per heavy atom. The summed E-state index contributed by atoms with van der Waals surface area (Å²) in [7, 11) is 1.58. The molecule has 0 saturated carbocycles. The van der Waals surface area contributed by atoms with Gasteiger partial charge in [0.2, 0.25) is 0 Å². The smallest absolute Gasteiger partial charge is 0.338 e. The third-order valence-corrected chi connectivity index (χ3v) is 7.96. The summed E-state index contributed by atoms with van der Waals surface area (Å²) in [5.41, 5.74) is 3.41. The summed E-state index contributed by atoms with van der Waals surface area (Å²) < 4.78 is 14.5. The normalized spacial score (nSPS) is 15.7. The number of benzene rings is 2. The van der Waals surface area contributed by atoms with Crippen molar-refractivity contribution < 1.29 is 14.3 Å². The Morgan fingerprint density at radius 3 is 2.59 bits per heavy atom. The van der Waals surface area contributed by atoms with Gasteiger partial charge in [-0.25, -0.2) is 9.79 Å². The molecule has 2 heterocycles. The lowest BCUT2D eigenvalue weighted by Gasteiger charge is -2.25. The molecule has 0 bridgehead atoms. The van der Waals surface area contributed by atoms with Crippen LogP contribution in [0.15, 0.2) is 66.4 Å². The van der Waals surface area contributed by atoms with Crippen LogP contribution in [0.2, 0.25) is 0 Å². The zero-order valence-electron chi connectivity index (χ0n) is 19.0. The summed E-state index contributed by atoms with van der Waals surface area (Å²) in [6, 6.07) is 10.8. The van der Waals surface area contributed by atoms with Gasteiger partial charge in [-0.05, 0) is 77.7 Å². The molecule has 0 aliphatic carbocycles. The SMILES string of the molecule is CCOC(=O)C1=C(C)N=c2s/c(=C/c3ccc(C)c(Br)c3)c(=O)n2[C@H]1c1ccc(OC)c(Br)c1. The Labute approximate surface area is 217 Å². The number of rotatable bonds is 5. The first-order valence-corrected chi connectivity index (χ1v) is 12.9. The van der Waals surface area contributed by atoms with Gasteiger partial charge in [0.1, 0.15) is 5.75 Å². The number of allylic oxidation sites excluding steroid dienone is 1. The van der Waals surface area contributed by atoms with Gasteiger partial charge in [0.15, 0.2) is 4.80 Å². The topological polar surface area (TPSA) is 69.9 Å². The fourth-order valence-corrected chi connectivity index (χ4v) is 5.81. The van der Waals surface area contributed by atoms with Crippen LogP contribution in [0.4, 0.5) is 0 Å². The monoisotopic (exact) mass is 604 g/mol. The number of thiazole rings is 1. The number of methoxy groups -OCH3 is 1. The van der Waals surface area contributed by atoms with Crippen LogP contribution in [0.3, 0.4) is 0 Å². The van der Waals surface area contributed by atoms with Gasteiger partial charge < -0.3 is 9.47 Å². The second-order valence-electron chi connectivity index (χ2n) is 7.70. The highest BCUT2D eigenvalue weighted by Gasteiger charge is 2.33. The predicted molar refractivity (Wildman–Crippen MR) is 140 cm³/mol. The predicted octanol–water partition coefficient (Wildman–Crippen LogP) is 4.64. The largest absolute Gasteiger partial charge is 0.496 e. The summed E-state index contributed by atoms with van der Waals surface area (Å²) in [4.78, 5) is 31.8. The van der Waals surface area contributed by atoms with Crippen LogP contribution in [-0.4, -0.2) is 24.3 Å². The fourth-order valence-electron chi connectivity index (χ4n) is 3.81. The number of carbonyl (C=O) groups excluding carboxylic acids is 1. The number of hydrogen-bond donors (Lipinski definition) is 0. The molecule has 0 N–H and O–H groups in total. The number of esters is 1. The number of halogens is 2. The zero-order valence-corrected chi connectivity index (χ0v) is 23.0. The maximum atomic E-state index is 13.7. The minimum absolute atomic E-state index is 0.216. The molecule has 0 fully saturated rings. The van der Waals surface area contributed by atoms with Crippen molar-refractivity contribution in [3.63, 3.8) is 0 Å². The molecule has 4 rings (SSSR count). The molecular formula is C25H22Br2N2O4S. The van der Waals surface area contributed by atoms with Crippen molar-refractivity contribution in [2.24, 2.45) is 4.99 Å². The highest BCUT2D eigenvalue weighted by atomic mass is 79.9. The van der Waals surface area contributed by atoms with Crippen molar-refractivity contribution in [1.29, 1.82) is 0 Å². The van der Waals surface area contributed by atoms with Gasteiger partial charge in [-0.2, -0.15) is 0 Å². The maximum absolute atomic E-state index is 13.7. The van der Waals surface area contributed by atoms with Gasteiger partial charge in [0.05, 0.1) is 40.0 Å². The molecule has 3 aromatic rings. The summed E-state index contributed by atoms with van der Waals surface area (Å²) in [6.45, 7) is 5.75. The molecule has 1 aliphatic heterocycles. The molecule has 34 heavy (non-hydrogen) atoms. The van der Waals surface area contributed by atoms with Gasteiger partial charge in [0.25, 0.3) is 5.56 Å². The van der Waals surface area contributed by atoms with Crippen LogP contribution in [0.5, 0.6) is 5.75 Å². The third kappa shape index (κ3) is 4.56. The van der Waals surface area contributed by atoms with Crippen molar-refractivity contribution in [2.45, 2.75) is 26.8 Å². The molecule has 0 unspecified atom stereocenters. The Balaban J connectivity index is 1.96. The van der Waals surface area contributed by atoms with Crippen molar-refractivity contribution >= 4 is 55.2 Å². The molecule has 6 nitrogen and oxygen atoms in total. The Hall–Kier alpha value is -2.49. The van der Waals surface area contributed by atoms with E-state index in [-0.39, 0.29) is 12.2 Å². The van der Waals surface area contributed by atoms with E-state index in [1.54, 1.807) is 31.6 Å². The van der Waals surface area contributed by atoms with Crippen LogP contribution in [0.25, 0.3) is 6.08 Å². The summed E-state index contributed by atoms with van der Waals surface area (Å²) in [5.74, 6) is 0.164. The van der Waals surface area contributed by atoms with Gasteiger partial charge in [-0.1, -0.05) is 45.5 Å². The van der Waals surface area contributed by atoms with Gasteiger partial charge >= 0.3 is 5.97 Å². The molecule has 0 radical (unpaired) electrons. The van der Waals surface area contributed by atoms with E-state index in [1.807, 2.05) is 43.3 Å². The second-order valence-corrected chi connectivity index (χ2v) is 10.4. The van der Waals surface area contributed by atoms with E-state index in [9.17, 15) is 9.59 Å². The lowest BCUT2D eigenvalue weighted by molar-refractivity contribution is -0.139. The van der Waals surface area contributed by atoms with Crippen molar-refractivity contribution in [1.82, 2.24) is 4.57 Å². The minimum Gasteiger partial charge on any atom is -0.496 e. The minimum atomic E-state index is -0.676. The van der Waals surface area contributed by atoms with Crippen LogP contribution >= 0.6 is 43.2 Å². The average Bonchev–Trinajstić information content (AvgIpc) is 3.09. The van der Waals surface area contributed by atoms with Crippen LogP contribution < -0.4 is 19.6 Å². The van der Waals surface area contributed by atoms with E-state index in [2.05, 4.69) is 36.9 Å². The summed E-state index contributed by atoms with van der Waals surface area (Å²) in [5, 5.41) is 0. The number of carbonyl (C=O) groups is 1. The van der Waals surface area contributed by atoms with E-state index < -0.39 is 12.0 Å². The molecule has 2 aromatic carbocycles. The number of nitrogens with zero attached hydrogens (tertiary/aromatic N) is 2. The van der Waals surface area contributed by atoms with Crippen LogP contribution in [-0.2, 0) is 9.53 Å². The molecule has 1 aliphatic rings. The van der Waals surface area contributed by atoms with E-state index in [0.29, 0.717) is 26.4 Å². The van der Waals surface area contributed by atoms with E-state index >= 15 is 0 Å². The van der Waals surface area contributed by atoms with Crippen molar-refractivity contribution in [3.05, 3.63) is 93.0 Å². The van der Waals surface area contributed by atoms with Gasteiger partial charge in [-0.3, -0.25) is 9.36 Å². The average molecular weight is 606 g/mol.